The van der Waals surface area contributed by atoms with Gasteiger partial charge in [-0.05, 0) is 0 Å². The van der Waals surface area contributed by atoms with E-state index < -0.39 is 0 Å². The summed E-state index contributed by atoms with van der Waals surface area (Å²) in [4.78, 5) is 2.77. The van der Waals surface area contributed by atoms with E-state index in [-0.39, 0.29) is 0 Å². The SMILES string of the molecule is [C-]#[N+]/C=C/C#N. The molecule has 0 aromatic rings. The molecule has 2 nitrogen and oxygen atoms in total. The predicted octanol–water partition coefficient (Wildman–Crippen LogP) is 0.943. The normalized spacial score (nSPS) is 7.00. The Morgan fingerprint density at radius 3 is 2.67 bits per heavy atom. The summed E-state index contributed by atoms with van der Waals surface area (Å²) in [6, 6.07) is 1.67. The number of nitrogens with zero attached hydrogens (tertiary/aromatic N) is 2. The first-order chi connectivity index (χ1) is 2.91. The zero-order valence-corrected chi connectivity index (χ0v) is 3.05. The standard InChI is InChI=1S/C4H2N2/c1-6-4-2-3-5/h2,4H/b4-2+. The molecule has 0 fully saturated rings. The minimum Gasteiger partial charge on any atom is -0.245 e. The predicted molar refractivity (Wildman–Crippen MR) is 21.4 cm³/mol. The number of rotatable bonds is 0. The second-order valence-electron chi connectivity index (χ2n) is 0.574. The van der Waals surface area contributed by atoms with Crippen molar-refractivity contribution in [2.24, 2.45) is 0 Å². The van der Waals surface area contributed by atoms with E-state index in [2.05, 4.69) is 4.85 Å². The Hall–Kier alpha value is -1.28. The van der Waals surface area contributed by atoms with Crippen molar-refractivity contribution in [1.82, 2.24) is 0 Å². The summed E-state index contributed by atoms with van der Waals surface area (Å²) >= 11 is 0. The van der Waals surface area contributed by atoms with Crippen LogP contribution in [0.3, 0.4) is 0 Å². The number of nitriles is 1. The second kappa shape index (κ2) is 3.72. The van der Waals surface area contributed by atoms with Gasteiger partial charge >= 0.3 is 0 Å². The Kier molecular flexibility index (Phi) is 2.93. The molecule has 0 heterocycles. The average molecular weight is 78.1 g/mol. The van der Waals surface area contributed by atoms with E-state index in [0.29, 0.717) is 0 Å². The van der Waals surface area contributed by atoms with E-state index in [1.807, 2.05) is 0 Å². The Bertz CT molecular complexity index is 105. The lowest BCUT2D eigenvalue weighted by molar-refractivity contribution is 1.53. The largest absolute Gasteiger partial charge is 0.245 e. The van der Waals surface area contributed by atoms with Crippen LogP contribution in [0.25, 0.3) is 4.85 Å². The van der Waals surface area contributed by atoms with E-state index in [4.69, 9.17) is 11.8 Å². The first-order valence-electron chi connectivity index (χ1n) is 1.33. The molecule has 0 aliphatic carbocycles. The van der Waals surface area contributed by atoms with Gasteiger partial charge in [-0.3, -0.25) is 0 Å². The molecule has 0 aromatic heterocycles. The average Bonchev–Trinajstić information content (AvgIpc) is 1.61. The molecule has 0 N–H and O–H groups in total. The molecule has 0 bridgehead atoms. The van der Waals surface area contributed by atoms with Crippen LogP contribution in [0.4, 0.5) is 0 Å². The van der Waals surface area contributed by atoms with E-state index >= 15 is 0 Å². The number of hydrogen-bond donors (Lipinski definition) is 0. The summed E-state index contributed by atoms with van der Waals surface area (Å²) in [6.07, 6.45) is 2.24. The fourth-order valence-corrected chi connectivity index (χ4v) is 0.0706. The zero-order valence-electron chi connectivity index (χ0n) is 3.05. The van der Waals surface area contributed by atoms with Crippen molar-refractivity contribution >= 4 is 0 Å². The molecule has 2 heteroatoms. The van der Waals surface area contributed by atoms with Gasteiger partial charge in [-0.2, -0.15) is 5.26 Å². The van der Waals surface area contributed by atoms with Gasteiger partial charge in [0.05, 0.1) is 12.6 Å². The maximum absolute atomic E-state index is 7.72. The first kappa shape index (κ1) is 4.72. The molecule has 0 atom stereocenters. The van der Waals surface area contributed by atoms with Crippen LogP contribution in [-0.4, -0.2) is 0 Å². The molecule has 0 saturated carbocycles. The number of allylic oxidation sites excluding steroid dienone is 1. The highest BCUT2D eigenvalue weighted by atomic mass is 14.6. The summed E-state index contributed by atoms with van der Waals surface area (Å²) in [5.41, 5.74) is 0. The Labute approximate surface area is 36.1 Å². The third-order valence-corrected chi connectivity index (χ3v) is 0.224. The van der Waals surface area contributed by atoms with Gasteiger partial charge in [-0.15, -0.1) is 0 Å². The van der Waals surface area contributed by atoms with E-state index in [1.165, 1.54) is 0 Å². The lowest BCUT2D eigenvalue weighted by Gasteiger charge is -1.49. The molecule has 0 radical (unpaired) electrons. The Morgan fingerprint density at radius 1 is 1.83 bits per heavy atom. The van der Waals surface area contributed by atoms with Crippen molar-refractivity contribution in [3.8, 4) is 6.07 Å². The van der Waals surface area contributed by atoms with Crippen LogP contribution in [0.15, 0.2) is 12.3 Å². The van der Waals surface area contributed by atoms with Gasteiger partial charge in [-0.25, -0.2) is 4.85 Å². The lowest BCUT2D eigenvalue weighted by atomic mass is 10.7. The molecule has 0 spiro atoms. The highest BCUT2D eigenvalue weighted by Gasteiger charge is 1.52. The van der Waals surface area contributed by atoms with E-state index in [9.17, 15) is 0 Å². The molecule has 0 aliphatic heterocycles. The molecule has 0 unspecified atom stereocenters. The Morgan fingerprint density at radius 2 is 2.50 bits per heavy atom. The van der Waals surface area contributed by atoms with Crippen molar-refractivity contribution < 1.29 is 0 Å². The molecular weight excluding hydrogens is 76.1 g/mol. The van der Waals surface area contributed by atoms with Gasteiger partial charge in [-0.1, -0.05) is 0 Å². The third kappa shape index (κ3) is 2.72. The lowest BCUT2D eigenvalue weighted by Crippen LogP contribution is -1.36. The third-order valence-electron chi connectivity index (χ3n) is 0.224. The fraction of sp³-hybridized carbons (Fsp3) is 0. The molecule has 0 aromatic carbocycles. The van der Waals surface area contributed by atoms with Gasteiger partial charge in [0.2, 0.25) is 0 Å². The van der Waals surface area contributed by atoms with Gasteiger partial charge in [0.15, 0.2) is 6.20 Å². The highest BCUT2D eigenvalue weighted by molar-refractivity contribution is 5.04. The molecular formula is C4H2N2. The maximum atomic E-state index is 7.72. The van der Waals surface area contributed by atoms with Crippen molar-refractivity contribution in [1.29, 1.82) is 5.26 Å². The molecule has 0 rings (SSSR count). The van der Waals surface area contributed by atoms with Crippen molar-refractivity contribution in [3.05, 3.63) is 23.7 Å². The highest BCUT2D eigenvalue weighted by Crippen LogP contribution is 1.65. The van der Waals surface area contributed by atoms with Crippen molar-refractivity contribution in [3.63, 3.8) is 0 Å². The summed E-state index contributed by atoms with van der Waals surface area (Å²) in [7, 11) is 0. The van der Waals surface area contributed by atoms with Gasteiger partial charge in [0, 0.05) is 6.08 Å². The molecule has 28 valence electrons. The monoisotopic (exact) mass is 78.0 g/mol. The van der Waals surface area contributed by atoms with Crippen LogP contribution in [0.1, 0.15) is 0 Å². The van der Waals surface area contributed by atoms with Crippen molar-refractivity contribution in [2.45, 2.75) is 0 Å². The molecule has 0 aliphatic rings. The quantitative estimate of drug-likeness (QED) is 0.313. The zero-order chi connectivity index (χ0) is 4.83. The van der Waals surface area contributed by atoms with Crippen LogP contribution in [0.2, 0.25) is 0 Å². The van der Waals surface area contributed by atoms with Crippen LogP contribution >= 0.6 is 0 Å². The maximum Gasteiger partial charge on any atom is 0.164 e. The summed E-state index contributed by atoms with van der Waals surface area (Å²) < 4.78 is 0. The smallest absolute Gasteiger partial charge is 0.164 e. The van der Waals surface area contributed by atoms with Crippen LogP contribution in [-0.2, 0) is 0 Å². The minimum atomic E-state index is 1.11. The van der Waals surface area contributed by atoms with Gasteiger partial charge in [0.1, 0.15) is 0 Å². The summed E-state index contributed by atoms with van der Waals surface area (Å²) in [6.45, 7) is 6.09. The second-order valence-corrected chi connectivity index (χ2v) is 0.574. The fourth-order valence-electron chi connectivity index (χ4n) is 0.0706. The molecule has 0 amide bonds. The topological polar surface area (TPSA) is 28.1 Å². The van der Waals surface area contributed by atoms with Crippen LogP contribution in [0.5, 0.6) is 0 Å². The van der Waals surface area contributed by atoms with E-state index in [0.717, 1.165) is 12.3 Å². The summed E-state index contributed by atoms with van der Waals surface area (Å²) in [5.74, 6) is 0. The van der Waals surface area contributed by atoms with Crippen LogP contribution in [0, 0.1) is 17.9 Å². The van der Waals surface area contributed by atoms with E-state index in [1.54, 1.807) is 6.07 Å². The summed E-state index contributed by atoms with van der Waals surface area (Å²) in [5, 5.41) is 7.72. The number of hydrogen-bond acceptors (Lipinski definition) is 1. The van der Waals surface area contributed by atoms with Crippen molar-refractivity contribution in [2.75, 3.05) is 0 Å². The first-order valence-corrected chi connectivity index (χ1v) is 1.33. The van der Waals surface area contributed by atoms with Crippen LogP contribution < -0.4 is 0 Å². The molecule has 0 saturated heterocycles. The Balaban J connectivity index is 3.36. The molecule has 6 heavy (non-hydrogen) atoms. The minimum absolute atomic E-state index is 1.11. The van der Waals surface area contributed by atoms with Gasteiger partial charge in [0.25, 0.3) is 0 Å². The van der Waals surface area contributed by atoms with Gasteiger partial charge < -0.3 is 0 Å².